The maximum Gasteiger partial charge on any atom is 0.317 e. The van der Waals surface area contributed by atoms with Crippen molar-refractivity contribution in [2.45, 2.75) is 32.9 Å². The lowest BCUT2D eigenvalue weighted by Crippen LogP contribution is -2.56. The second-order valence-electron chi connectivity index (χ2n) is 6.49. The van der Waals surface area contributed by atoms with Crippen LogP contribution in [0.4, 0.5) is 10.5 Å². The van der Waals surface area contributed by atoms with Crippen molar-refractivity contribution in [1.82, 2.24) is 15.1 Å². The summed E-state index contributed by atoms with van der Waals surface area (Å²) in [5.74, 6) is 0.558. The number of para-hydroxylation sites is 2. The Morgan fingerprint density at radius 1 is 1.08 bits per heavy atom. The molecule has 0 radical (unpaired) electrons. The lowest BCUT2D eigenvalue weighted by atomic mass is 10.2. The Labute approximate surface area is 149 Å². The number of hydrogen-bond donors (Lipinski definition) is 2. The van der Waals surface area contributed by atoms with E-state index in [1.807, 2.05) is 45.0 Å². The highest BCUT2D eigenvalue weighted by Crippen LogP contribution is 2.23. The number of amides is 3. The summed E-state index contributed by atoms with van der Waals surface area (Å²) in [5, 5.41) is 5.82. The van der Waals surface area contributed by atoms with Gasteiger partial charge in [-0.15, -0.1) is 0 Å². The number of methoxy groups -OCH3 is 1. The van der Waals surface area contributed by atoms with E-state index in [9.17, 15) is 9.59 Å². The van der Waals surface area contributed by atoms with Gasteiger partial charge >= 0.3 is 6.03 Å². The van der Waals surface area contributed by atoms with Gasteiger partial charge in [-0.1, -0.05) is 12.1 Å². The van der Waals surface area contributed by atoms with Crippen LogP contribution in [0.1, 0.15) is 20.8 Å². The standard InChI is InChI=1S/C18H28N4O3/c1-13(2)19-18(24)22-11-9-21(10-12-22)14(3)17(23)20-15-7-5-6-8-16(15)25-4/h5-8,13-14H,9-12H2,1-4H3,(H,19,24)(H,20,23)/t14-/m1/s1. The lowest BCUT2D eigenvalue weighted by molar-refractivity contribution is -0.121. The fourth-order valence-corrected chi connectivity index (χ4v) is 2.80. The van der Waals surface area contributed by atoms with Crippen LogP contribution in [0.2, 0.25) is 0 Å². The number of carbonyl (C=O) groups excluding carboxylic acids is 2. The lowest BCUT2D eigenvalue weighted by Gasteiger charge is -2.37. The Bertz CT molecular complexity index is 598. The Kier molecular flexibility index (Phi) is 6.64. The van der Waals surface area contributed by atoms with Crippen molar-refractivity contribution >= 4 is 17.6 Å². The van der Waals surface area contributed by atoms with Crippen LogP contribution in [-0.4, -0.2) is 67.1 Å². The molecule has 1 aromatic rings. The number of carbonyl (C=O) groups is 2. The second-order valence-corrected chi connectivity index (χ2v) is 6.49. The molecule has 1 aromatic carbocycles. The van der Waals surface area contributed by atoms with Crippen LogP contribution >= 0.6 is 0 Å². The third-order valence-electron chi connectivity index (χ3n) is 4.31. The molecule has 0 unspecified atom stereocenters. The minimum absolute atomic E-state index is 0.0409. The fourth-order valence-electron chi connectivity index (χ4n) is 2.80. The predicted molar refractivity (Wildman–Crippen MR) is 97.9 cm³/mol. The van der Waals surface area contributed by atoms with Gasteiger partial charge in [0.2, 0.25) is 5.91 Å². The maximum atomic E-state index is 12.5. The summed E-state index contributed by atoms with van der Waals surface area (Å²) in [5.41, 5.74) is 0.664. The molecule has 7 heteroatoms. The first kappa shape index (κ1) is 19.1. The molecule has 0 saturated carbocycles. The molecule has 138 valence electrons. The summed E-state index contributed by atoms with van der Waals surface area (Å²) in [6.07, 6.45) is 0. The van der Waals surface area contributed by atoms with Crippen LogP contribution in [0.3, 0.4) is 0 Å². The Balaban J connectivity index is 1.88. The number of benzene rings is 1. The van der Waals surface area contributed by atoms with Gasteiger partial charge in [0.15, 0.2) is 0 Å². The van der Waals surface area contributed by atoms with Gasteiger partial charge in [0.05, 0.1) is 18.8 Å². The third-order valence-corrected chi connectivity index (χ3v) is 4.31. The van der Waals surface area contributed by atoms with Gasteiger partial charge in [0.1, 0.15) is 5.75 Å². The Morgan fingerprint density at radius 2 is 1.72 bits per heavy atom. The van der Waals surface area contributed by atoms with E-state index in [2.05, 4.69) is 15.5 Å². The number of piperazine rings is 1. The van der Waals surface area contributed by atoms with Crippen LogP contribution < -0.4 is 15.4 Å². The van der Waals surface area contributed by atoms with Gasteiger partial charge in [-0.3, -0.25) is 9.69 Å². The van der Waals surface area contributed by atoms with Gasteiger partial charge in [0, 0.05) is 32.2 Å². The number of ether oxygens (including phenoxy) is 1. The normalized spacial score (nSPS) is 16.4. The summed E-state index contributed by atoms with van der Waals surface area (Å²) in [6, 6.07) is 7.15. The van der Waals surface area contributed by atoms with Gasteiger partial charge in [-0.2, -0.15) is 0 Å². The van der Waals surface area contributed by atoms with E-state index in [1.165, 1.54) is 0 Å². The van der Waals surface area contributed by atoms with Gasteiger partial charge in [-0.05, 0) is 32.9 Å². The van der Waals surface area contributed by atoms with Gasteiger partial charge in [-0.25, -0.2) is 4.79 Å². The molecule has 0 spiro atoms. The van der Waals surface area contributed by atoms with E-state index in [1.54, 1.807) is 12.0 Å². The van der Waals surface area contributed by atoms with Crippen LogP contribution in [-0.2, 0) is 4.79 Å². The van der Waals surface area contributed by atoms with Crippen LogP contribution in [0, 0.1) is 0 Å². The molecule has 0 aromatic heterocycles. The van der Waals surface area contributed by atoms with Gasteiger partial charge in [0.25, 0.3) is 0 Å². The van der Waals surface area contributed by atoms with Crippen molar-refractivity contribution in [3.63, 3.8) is 0 Å². The number of urea groups is 1. The Hall–Kier alpha value is -2.28. The van der Waals surface area contributed by atoms with Crippen molar-refractivity contribution in [1.29, 1.82) is 0 Å². The highest BCUT2D eigenvalue weighted by Gasteiger charge is 2.27. The summed E-state index contributed by atoms with van der Waals surface area (Å²) in [4.78, 5) is 28.5. The zero-order valence-electron chi connectivity index (χ0n) is 15.4. The average Bonchev–Trinajstić information content (AvgIpc) is 2.61. The van der Waals surface area contributed by atoms with Crippen LogP contribution in [0.15, 0.2) is 24.3 Å². The molecule has 1 aliphatic heterocycles. The molecular weight excluding hydrogens is 320 g/mol. The van der Waals surface area contributed by atoms with Crippen LogP contribution in [0.5, 0.6) is 5.75 Å². The van der Waals surface area contributed by atoms with E-state index >= 15 is 0 Å². The number of anilines is 1. The molecule has 3 amide bonds. The summed E-state index contributed by atoms with van der Waals surface area (Å²) >= 11 is 0. The minimum atomic E-state index is -0.278. The third kappa shape index (κ3) is 5.09. The molecule has 1 fully saturated rings. The molecule has 0 aliphatic carbocycles. The number of hydrogen-bond acceptors (Lipinski definition) is 4. The predicted octanol–water partition coefficient (Wildman–Crippen LogP) is 1.76. The SMILES string of the molecule is COc1ccccc1NC(=O)[C@@H](C)N1CCN(C(=O)NC(C)C)CC1. The van der Waals surface area contributed by atoms with E-state index in [0.717, 1.165) is 0 Å². The number of nitrogens with one attached hydrogen (secondary N) is 2. The number of rotatable bonds is 5. The first-order chi connectivity index (χ1) is 11.9. The highest BCUT2D eigenvalue weighted by molar-refractivity contribution is 5.95. The van der Waals surface area contributed by atoms with E-state index in [-0.39, 0.29) is 24.0 Å². The molecule has 0 bridgehead atoms. The molecule has 1 aliphatic rings. The monoisotopic (exact) mass is 348 g/mol. The molecule has 1 saturated heterocycles. The quantitative estimate of drug-likeness (QED) is 0.850. The van der Waals surface area contributed by atoms with Crippen molar-refractivity contribution in [2.24, 2.45) is 0 Å². The van der Waals surface area contributed by atoms with E-state index in [0.29, 0.717) is 37.6 Å². The molecule has 2 N–H and O–H groups in total. The molecular formula is C18H28N4O3. The first-order valence-corrected chi connectivity index (χ1v) is 8.65. The summed E-state index contributed by atoms with van der Waals surface area (Å²) in [7, 11) is 1.58. The topological polar surface area (TPSA) is 73.9 Å². The summed E-state index contributed by atoms with van der Waals surface area (Å²) < 4.78 is 5.26. The van der Waals surface area contributed by atoms with Crippen LogP contribution in [0.25, 0.3) is 0 Å². The second kappa shape index (κ2) is 8.71. The minimum Gasteiger partial charge on any atom is -0.495 e. The van der Waals surface area contributed by atoms with Crippen molar-refractivity contribution < 1.29 is 14.3 Å². The van der Waals surface area contributed by atoms with Gasteiger partial charge < -0.3 is 20.3 Å². The highest BCUT2D eigenvalue weighted by atomic mass is 16.5. The molecule has 2 rings (SSSR count). The zero-order valence-corrected chi connectivity index (χ0v) is 15.4. The largest absolute Gasteiger partial charge is 0.495 e. The van der Waals surface area contributed by atoms with E-state index in [4.69, 9.17) is 4.74 Å². The zero-order chi connectivity index (χ0) is 18.4. The van der Waals surface area contributed by atoms with Crippen molar-refractivity contribution in [3.8, 4) is 5.75 Å². The molecule has 1 atom stereocenters. The summed E-state index contributed by atoms with van der Waals surface area (Å²) in [6.45, 7) is 8.35. The molecule has 1 heterocycles. The molecule has 7 nitrogen and oxygen atoms in total. The van der Waals surface area contributed by atoms with E-state index < -0.39 is 0 Å². The maximum absolute atomic E-state index is 12.5. The average molecular weight is 348 g/mol. The first-order valence-electron chi connectivity index (χ1n) is 8.65. The molecule has 25 heavy (non-hydrogen) atoms. The Morgan fingerprint density at radius 3 is 2.32 bits per heavy atom. The number of nitrogens with zero attached hydrogens (tertiary/aromatic N) is 2. The fraction of sp³-hybridized carbons (Fsp3) is 0.556. The van der Waals surface area contributed by atoms with Crippen molar-refractivity contribution in [2.75, 3.05) is 38.6 Å². The smallest absolute Gasteiger partial charge is 0.317 e. The van der Waals surface area contributed by atoms with Crippen molar-refractivity contribution in [3.05, 3.63) is 24.3 Å².